The van der Waals surface area contributed by atoms with Gasteiger partial charge >= 0.3 is 5.88 Å². The minimum absolute atomic E-state index is 0.282. The molecule has 0 atom stereocenters. The van der Waals surface area contributed by atoms with E-state index in [4.69, 9.17) is 4.42 Å². The zero-order valence-electron chi connectivity index (χ0n) is 13.6. The molecule has 0 amide bonds. The summed E-state index contributed by atoms with van der Waals surface area (Å²) in [5.74, 6) is -0.0459. The molecule has 0 bridgehead atoms. The molecule has 0 radical (unpaired) electrons. The molecule has 0 saturated heterocycles. The van der Waals surface area contributed by atoms with Gasteiger partial charge in [0.05, 0.1) is 34.7 Å². The van der Waals surface area contributed by atoms with Gasteiger partial charge in [-0.2, -0.15) is 5.10 Å². The molecule has 0 aliphatic rings. The van der Waals surface area contributed by atoms with Gasteiger partial charge in [0.1, 0.15) is 4.92 Å². The molecule has 0 aliphatic heterocycles. The first-order valence-electron chi connectivity index (χ1n) is 7.68. The van der Waals surface area contributed by atoms with Crippen LogP contribution in [0.2, 0.25) is 0 Å². The van der Waals surface area contributed by atoms with E-state index in [9.17, 15) is 10.1 Å². The van der Waals surface area contributed by atoms with Crippen molar-refractivity contribution in [1.82, 2.24) is 9.66 Å². The van der Waals surface area contributed by atoms with Crippen molar-refractivity contribution in [2.24, 2.45) is 10.1 Å². The third-order valence-corrected chi connectivity index (χ3v) is 5.13. The average molecular weight is 397 g/mol. The molecule has 0 unspecified atom stereocenters. The molecular formula is C17H11N5O3S2. The number of aromatic nitrogens is 2. The summed E-state index contributed by atoms with van der Waals surface area (Å²) < 4.78 is 6.81. The van der Waals surface area contributed by atoms with E-state index in [1.807, 2.05) is 35.0 Å². The Labute approximate surface area is 160 Å². The van der Waals surface area contributed by atoms with Crippen LogP contribution in [-0.4, -0.2) is 20.8 Å². The average Bonchev–Trinajstić information content (AvgIpc) is 3.42. The number of thiazole rings is 1. The lowest BCUT2D eigenvalue weighted by Crippen LogP contribution is -2.11. The molecule has 4 heterocycles. The Morgan fingerprint density at radius 2 is 2.15 bits per heavy atom. The standard InChI is InChI=1S/C17H11N5O3S2/c23-22(24)16-6-5-13(25-16)10-19-21-14(15-4-2-8-26-15)11-27-17(21)20-12-3-1-7-18-9-12/h1-11H. The predicted molar refractivity (Wildman–Crippen MR) is 103 cm³/mol. The first-order chi connectivity index (χ1) is 13.2. The highest BCUT2D eigenvalue weighted by molar-refractivity contribution is 7.14. The maximum absolute atomic E-state index is 10.8. The Bertz CT molecular complexity index is 1160. The lowest BCUT2D eigenvalue weighted by molar-refractivity contribution is -0.402. The second-order valence-electron chi connectivity index (χ2n) is 5.19. The van der Waals surface area contributed by atoms with Crippen LogP contribution in [0.5, 0.6) is 0 Å². The third-order valence-electron chi connectivity index (χ3n) is 3.42. The summed E-state index contributed by atoms with van der Waals surface area (Å²) in [4.78, 5) is 20.5. The Kier molecular flexibility index (Phi) is 4.73. The quantitative estimate of drug-likeness (QED) is 0.285. The Hall–Kier alpha value is -3.37. The molecule has 0 fully saturated rings. The number of hydrogen-bond donors (Lipinski definition) is 0. The van der Waals surface area contributed by atoms with E-state index in [2.05, 4.69) is 15.1 Å². The number of hydrogen-bond acceptors (Lipinski definition) is 8. The van der Waals surface area contributed by atoms with Crippen molar-refractivity contribution in [2.45, 2.75) is 0 Å². The fourth-order valence-electron chi connectivity index (χ4n) is 2.24. The van der Waals surface area contributed by atoms with Crippen LogP contribution < -0.4 is 4.80 Å². The highest BCUT2D eigenvalue weighted by Crippen LogP contribution is 2.25. The molecule has 4 aromatic heterocycles. The second-order valence-corrected chi connectivity index (χ2v) is 6.98. The van der Waals surface area contributed by atoms with Crippen molar-refractivity contribution in [3.05, 3.63) is 80.2 Å². The normalized spacial score (nSPS) is 12.1. The summed E-state index contributed by atoms with van der Waals surface area (Å²) in [5.41, 5.74) is 1.57. The maximum Gasteiger partial charge on any atom is 0.433 e. The summed E-state index contributed by atoms with van der Waals surface area (Å²) in [6, 6.07) is 10.4. The second kappa shape index (κ2) is 7.48. The summed E-state index contributed by atoms with van der Waals surface area (Å²) in [7, 11) is 0. The zero-order chi connectivity index (χ0) is 18.6. The van der Waals surface area contributed by atoms with Gasteiger partial charge in [-0.15, -0.1) is 22.7 Å². The molecule has 10 heteroatoms. The summed E-state index contributed by atoms with van der Waals surface area (Å²) in [6.45, 7) is 0. The number of nitrogens with zero attached hydrogens (tertiary/aromatic N) is 5. The first-order valence-corrected chi connectivity index (χ1v) is 9.44. The van der Waals surface area contributed by atoms with Crippen LogP contribution in [0.1, 0.15) is 5.76 Å². The van der Waals surface area contributed by atoms with E-state index in [1.54, 1.807) is 28.4 Å². The van der Waals surface area contributed by atoms with Crippen LogP contribution in [-0.2, 0) is 0 Å². The van der Waals surface area contributed by atoms with E-state index >= 15 is 0 Å². The predicted octanol–water partition coefficient (Wildman–Crippen LogP) is 4.29. The summed E-state index contributed by atoms with van der Waals surface area (Å²) in [5, 5.41) is 19.1. The van der Waals surface area contributed by atoms with Gasteiger partial charge in [-0.05, 0) is 29.6 Å². The van der Waals surface area contributed by atoms with Crippen molar-refractivity contribution in [1.29, 1.82) is 0 Å². The van der Waals surface area contributed by atoms with Crippen molar-refractivity contribution in [2.75, 3.05) is 0 Å². The first kappa shape index (κ1) is 17.1. The van der Waals surface area contributed by atoms with E-state index in [0.717, 1.165) is 10.6 Å². The summed E-state index contributed by atoms with van der Waals surface area (Å²) >= 11 is 3.02. The van der Waals surface area contributed by atoms with Crippen LogP contribution in [0.4, 0.5) is 11.6 Å². The molecular weight excluding hydrogens is 386 g/mol. The van der Waals surface area contributed by atoms with Gasteiger partial charge in [0.25, 0.3) is 0 Å². The lowest BCUT2D eigenvalue weighted by atomic mass is 10.4. The number of furan rings is 1. The van der Waals surface area contributed by atoms with Gasteiger partial charge in [-0.25, -0.2) is 9.67 Å². The molecule has 0 N–H and O–H groups in total. The largest absolute Gasteiger partial charge is 0.433 e. The highest BCUT2D eigenvalue weighted by atomic mass is 32.1. The SMILES string of the molecule is O=[N+]([O-])c1ccc(C=Nn2c(-c3cccs3)csc2=Nc2cccnc2)o1. The number of thiophene rings is 1. The fourth-order valence-corrected chi connectivity index (χ4v) is 3.89. The number of rotatable bonds is 5. The van der Waals surface area contributed by atoms with Crippen molar-refractivity contribution in [3.63, 3.8) is 0 Å². The fraction of sp³-hybridized carbons (Fsp3) is 0. The lowest BCUT2D eigenvalue weighted by Gasteiger charge is -2.00. The molecule has 27 heavy (non-hydrogen) atoms. The Balaban J connectivity index is 1.78. The molecule has 0 aliphatic carbocycles. The van der Waals surface area contributed by atoms with Crippen LogP contribution in [0.25, 0.3) is 10.6 Å². The molecule has 8 nitrogen and oxygen atoms in total. The van der Waals surface area contributed by atoms with Crippen molar-refractivity contribution >= 4 is 40.5 Å². The van der Waals surface area contributed by atoms with Gasteiger partial charge in [0.2, 0.25) is 4.80 Å². The minimum atomic E-state index is -0.588. The van der Waals surface area contributed by atoms with E-state index in [-0.39, 0.29) is 11.6 Å². The van der Waals surface area contributed by atoms with Crippen molar-refractivity contribution < 1.29 is 9.34 Å². The highest BCUT2D eigenvalue weighted by Gasteiger charge is 2.12. The zero-order valence-corrected chi connectivity index (χ0v) is 15.3. The van der Waals surface area contributed by atoms with E-state index in [0.29, 0.717) is 10.5 Å². The molecule has 0 aromatic carbocycles. The van der Waals surface area contributed by atoms with Gasteiger partial charge in [-0.1, -0.05) is 6.07 Å². The Morgan fingerprint density at radius 1 is 1.22 bits per heavy atom. The number of nitro groups is 1. The molecule has 4 rings (SSSR count). The van der Waals surface area contributed by atoms with Crippen LogP contribution in [0.3, 0.4) is 0 Å². The molecule has 4 aromatic rings. The van der Waals surface area contributed by atoms with Gasteiger partial charge in [-0.3, -0.25) is 15.1 Å². The third kappa shape index (κ3) is 3.76. The Morgan fingerprint density at radius 3 is 2.85 bits per heavy atom. The van der Waals surface area contributed by atoms with E-state index in [1.165, 1.54) is 29.7 Å². The molecule has 134 valence electrons. The van der Waals surface area contributed by atoms with Crippen LogP contribution >= 0.6 is 22.7 Å². The van der Waals surface area contributed by atoms with Crippen LogP contribution in [0.15, 0.2) is 74.1 Å². The molecule has 0 spiro atoms. The van der Waals surface area contributed by atoms with Gasteiger partial charge in [0, 0.05) is 11.6 Å². The van der Waals surface area contributed by atoms with Gasteiger partial charge in [0.15, 0.2) is 5.76 Å². The number of pyridine rings is 1. The topological polar surface area (TPSA) is 98.8 Å². The van der Waals surface area contributed by atoms with E-state index < -0.39 is 4.92 Å². The van der Waals surface area contributed by atoms with Crippen LogP contribution in [0, 0.1) is 10.1 Å². The van der Waals surface area contributed by atoms with Gasteiger partial charge < -0.3 is 4.42 Å². The minimum Gasteiger partial charge on any atom is -0.400 e. The summed E-state index contributed by atoms with van der Waals surface area (Å²) in [6.07, 6.45) is 4.77. The smallest absolute Gasteiger partial charge is 0.400 e. The molecule has 0 saturated carbocycles. The van der Waals surface area contributed by atoms with Crippen molar-refractivity contribution in [3.8, 4) is 10.6 Å². The maximum atomic E-state index is 10.8. The monoisotopic (exact) mass is 397 g/mol.